The Morgan fingerprint density at radius 1 is 1.70 bits per heavy atom. The van der Waals surface area contributed by atoms with Gasteiger partial charge in [0.2, 0.25) is 0 Å². The number of hydrogen-bond acceptors (Lipinski definition) is 2. The standard InChI is InChI=1S/C7H17N2O/c1-7-3-2-4-9(10,5-7)6-8/h7,10H,2-6,8H2,1H3/q+1. The maximum atomic E-state index is 9.66. The summed E-state index contributed by atoms with van der Waals surface area (Å²) >= 11 is 0. The molecule has 10 heavy (non-hydrogen) atoms. The van der Waals surface area contributed by atoms with Crippen molar-refractivity contribution < 1.29 is 9.85 Å². The minimum Gasteiger partial charge on any atom is -0.282 e. The Morgan fingerprint density at radius 3 is 2.80 bits per heavy atom. The molecule has 1 heterocycles. The molecule has 0 aromatic carbocycles. The Morgan fingerprint density at radius 2 is 2.40 bits per heavy atom. The van der Waals surface area contributed by atoms with E-state index in [4.69, 9.17) is 5.73 Å². The van der Waals surface area contributed by atoms with Crippen molar-refractivity contribution in [1.29, 1.82) is 0 Å². The average molecular weight is 145 g/mol. The smallest absolute Gasteiger partial charge is 0.159 e. The fraction of sp³-hybridized carbons (Fsp3) is 1.00. The fourth-order valence-electron chi connectivity index (χ4n) is 1.66. The number of quaternary nitrogens is 1. The molecule has 1 aliphatic rings. The van der Waals surface area contributed by atoms with Crippen LogP contribution in [-0.4, -0.2) is 29.6 Å². The summed E-state index contributed by atoms with van der Waals surface area (Å²) in [5.41, 5.74) is 5.42. The van der Waals surface area contributed by atoms with Crippen molar-refractivity contribution in [3.05, 3.63) is 0 Å². The Labute approximate surface area is 62.0 Å². The zero-order valence-electron chi connectivity index (χ0n) is 6.58. The summed E-state index contributed by atoms with van der Waals surface area (Å²) in [5.74, 6) is 0.627. The van der Waals surface area contributed by atoms with Gasteiger partial charge >= 0.3 is 0 Å². The lowest BCUT2D eigenvalue weighted by atomic mass is 10.0. The zero-order chi connectivity index (χ0) is 7.61. The second-order valence-corrected chi connectivity index (χ2v) is 3.43. The van der Waals surface area contributed by atoms with Gasteiger partial charge in [0.25, 0.3) is 0 Å². The number of rotatable bonds is 1. The third-order valence-electron chi connectivity index (χ3n) is 2.26. The Kier molecular flexibility index (Phi) is 2.28. The minimum absolute atomic E-state index is 0.0845. The SMILES string of the molecule is CC1CCC[N+](O)(CN)C1. The second kappa shape index (κ2) is 2.86. The summed E-state index contributed by atoms with van der Waals surface area (Å²) in [6, 6.07) is 0. The number of piperidine rings is 1. The van der Waals surface area contributed by atoms with Crippen LogP contribution in [0.3, 0.4) is 0 Å². The molecule has 0 aromatic rings. The van der Waals surface area contributed by atoms with Gasteiger partial charge in [-0.2, -0.15) is 4.65 Å². The van der Waals surface area contributed by atoms with Crippen LogP contribution in [-0.2, 0) is 0 Å². The van der Waals surface area contributed by atoms with E-state index in [0.717, 1.165) is 19.5 Å². The van der Waals surface area contributed by atoms with Crippen LogP contribution in [0.15, 0.2) is 0 Å². The number of nitrogens with two attached hydrogens (primary N) is 1. The molecular weight excluding hydrogens is 128 g/mol. The first-order valence-corrected chi connectivity index (χ1v) is 3.95. The lowest BCUT2D eigenvalue weighted by Gasteiger charge is -2.34. The minimum atomic E-state index is 0.0845. The van der Waals surface area contributed by atoms with Crippen LogP contribution in [0.25, 0.3) is 0 Å². The lowest BCUT2D eigenvalue weighted by molar-refractivity contribution is -1.11. The van der Waals surface area contributed by atoms with Crippen molar-refractivity contribution in [3.63, 3.8) is 0 Å². The summed E-state index contributed by atoms with van der Waals surface area (Å²) in [6.45, 7) is 4.19. The highest BCUT2D eigenvalue weighted by atomic mass is 16.5. The maximum Gasteiger partial charge on any atom is 0.159 e. The quantitative estimate of drug-likeness (QED) is 0.529. The first kappa shape index (κ1) is 7.98. The summed E-state index contributed by atoms with van der Waals surface area (Å²) in [6.07, 6.45) is 2.34. The van der Waals surface area contributed by atoms with E-state index in [1.807, 2.05) is 0 Å². The van der Waals surface area contributed by atoms with Crippen LogP contribution < -0.4 is 5.73 Å². The molecule has 2 atom stereocenters. The molecule has 0 amide bonds. The number of nitrogens with zero attached hydrogens (tertiary/aromatic N) is 1. The predicted octanol–water partition coefficient (Wildman–Crippen LogP) is 0.539. The van der Waals surface area contributed by atoms with E-state index in [0.29, 0.717) is 12.6 Å². The van der Waals surface area contributed by atoms with Gasteiger partial charge in [-0.25, -0.2) is 5.21 Å². The van der Waals surface area contributed by atoms with Crippen molar-refractivity contribution in [1.82, 2.24) is 0 Å². The third kappa shape index (κ3) is 1.68. The topological polar surface area (TPSA) is 46.2 Å². The molecule has 3 N–H and O–H groups in total. The van der Waals surface area contributed by atoms with E-state index < -0.39 is 0 Å². The summed E-state index contributed by atoms with van der Waals surface area (Å²) in [4.78, 5) is 0. The van der Waals surface area contributed by atoms with Crippen molar-refractivity contribution >= 4 is 0 Å². The number of hydrogen-bond donors (Lipinski definition) is 2. The van der Waals surface area contributed by atoms with Gasteiger partial charge in [-0.15, -0.1) is 0 Å². The van der Waals surface area contributed by atoms with Gasteiger partial charge in [0.05, 0.1) is 0 Å². The van der Waals surface area contributed by atoms with E-state index in [9.17, 15) is 5.21 Å². The highest BCUT2D eigenvalue weighted by Crippen LogP contribution is 2.19. The van der Waals surface area contributed by atoms with E-state index in [1.54, 1.807) is 0 Å². The van der Waals surface area contributed by atoms with E-state index >= 15 is 0 Å². The van der Waals surface area contributed by atoms with Crippen LogP contribution >= 0.6 is 0 Å². The number of likely N-dealkylation sites (tertiary alicyclic amines) is 1. The molecule has 0 spiro atoms. The molecule has 1 saturated heterocycles. The highest BCUT2D eigenvalue weighted by molar-refractivity contribution is 4.56. The molecule has 2 unspecified atom stereocenters. The average Bonchev–Trinajstić information content (AvgIpc) is 1.88. The molecule has 0 radical (unpaired) electrons. The third-order valence-corrected chi connectivity index (χ3v) is 2.26. The van der Waals surface area contributed by atoms with Gasteiger partial charge in [0.1, 0.15) is 13.1 Å². The monoisotopic (exact) mass is 145 g/mol. The molecule has 1 fully saturated rings. The normalized spacial score (nSPS) is 41.7. The molecule has 0 saturated carbocycles. The Bertz CT molecular complexity index is 118. The zero-order valence-corrected chi connectivity index (χ0v) is 6.58. The molecule has 3 nitrogen and oxygen atoms in total. The molecule has 60 valence electrons. The van der Waals surface area contributed by atoms with Crippen LogP contribution in [0.1, 0.15) is 19.8 Å². The highest BCUT2D eigenvalue weighted by Gasteiger charge is 2.30. The molecule has 0 aromatic heterocycles. The van der Waals surface area contributed by atoms with Crippen molar-refractivity contribution in [2.75, 3.05) is 19.8 Å². The number of hydroxylamine groups is 3. The van der Waals surface area contributed by atoms with Crippen LogP contribution in [0.2, 0.25) is 0 Å². The van der Waals surface area contributed by atoms with Gasteiger partial charge in [0, 0.05) is 5.92 Å². The fourth-order valence-corrected chi connectivity index (χ4v) is 1.66. The Balaban J connectivity index is 2.45. The van der Waals surface area contributed by atoms with Crippen LogP contribution in [0.5, 0.6) is 0 Å². The van der Waals surface area contributed by atoms with Gasteiger partial charge in [-0.1, -0.05) is 6.92 Å². The van der Waals surface area contributed by atoms with Gasteiger partial charge in [-0.3, -0.25) is 5.73 Å². The largest absolute Gasteiger partial charge is 0.282 e. The van der Waals surface area contributed by atoms with Crippen molar-refractivity contribution in [2.24, 2.45) is 11.7 Å². The summed E-state index contributed by atoms with van der Waals surface area (Å²) in [7, 11) is 0. The van der Waals surface area contributed by atoms with Gasteiger partial charge in [0.15, 0.2) is 6.67 Å². The molecule has 3 heteroatoms. The summed E-state index contributed by atoms with van der Waals surface area (Å²) in [5, 5.41) is 9.66. The maximum absolute atomic E-state index is 9.66. The van der Waals surface area contributed by atoms with E-state index in [-0.39, 0.29) is 4.65 Å². The van der Waals surface area contributed by atoms with Gasteiger partial charge < -0.3 is 0 Å². The second-order valence-electron chi connectivity index (χ2n) is 3.43. The van der Waals surface area contributed by atoms with Crippen LogP contribution in [0.4, 0.5) is 0 Å². The van der Waals surface area contributed by atoms with Crippen LogP contribution in [0, 0.1) is 5.92 Å². The van der Waals surface area contributed by atoms with E-state index in [2.05, 4.69) is 6.92 Å². The first-order chi connectivity index (χ1) is 4.66. The van der Waals surface area contributed by atoms with Gasteiger partial charge in [-0.05, 0) is 12.8 Å². The lowest BCUT2D eigenvalue weighted by Crippen LogP contribution is -2.54. The Hall–Kier alpha value is -0.120. The van der Waals surface area contributed by atoms with E-state index in [1.165, 1.54) is 6.42 Å². The van der Waals surface area contributed by atoms with Crippen molar-refractivity contribution in [3.8, 4) is 0 Å². The molecular formula is C7H17N2O+. The molecule has 1 aliphatic heterocycles. The predicted molar refractivity (Wildman–Crippen MR) is 39.2 cm³/mol. The molecule has 1 rings (SSSR count). The molecule has 0 bridgehead atoms. The summed E-state index contributed by atoms with van der Waals surface area (Å²) < 4.78 is 0.0845. The first-order valence-electron chi connectivity index (χ1n) is 3.95. The molecule has 0 aliphatic carbocycles. The van der Waals surface area contributed by atoms with Crippen molar-refractivity contribution in [2.45, 2.75) is 19.8 Å².